The van der Waals surface area contributed by atoms with Crippen molar-refractivity contribution in [2.24, 2.45) is 5.73 Å². The molecule has 0 saturated carbocycles. The maximum Gasteiger partial charge on any atom is 0.406 e. The molecule has 2 N–H and O–H groups in total. The summed E-state index contributed by atoms with van der Waals surface area (Å²) in [5, 5.41) is 4.10. The molecule has 0 aliphatic heterocycles. The summed E-state index contributed by atoms with van der Waals surface area (Å²) < 4.78 is 39.8. The minimum Gasteiger partial charge on any atom is -0.365 e. The van der Waals surface area contributed by atoms with Gasteiger partial charge in [0.1, 0.15) is 12.1 Å². The van der Waals surface area contributed by atoms with Crippen molar-refractivity contribution in [3.05, 3.63) is 28.7 Å². The van der Waals surface area contributed by atoms with Gasteiger partial charge in [-0.1, -0.05) is 13.3 Å². The van der Waals surface area contributed by atoms with Crippen LogP contribution in [-0.2, 0) is 11.2 Å². The molecule has 0 aliphatic carbocycles. The number of halogens is 3. The van der Waals surface area contributed by atoms with E-state index in [0.29, 0.717) is 35.4 Å². The van der Waals surface area contributed by atoms with Crippen LogP contribution >= 0.6 is 0 Å². The van der Waals surface area contributed by atoms with E-state index in [-0.39, 0.29) is 24.9 Å². The van der Waals surface area contributed by atoms with Crippen molar-refractivity contribution in [2.75, 3.05) is 13.1 Å². The zero-order chi connectivity index (χ0) is 21.1. The van der Waals surface area contributed by atoms with Gasteiger partial charge in [-0.25, -0.2) is 9.50 Å². The molecule has 0 spiro atoms. The summed E-state index contributed by atoms with van der Waals surface area (Å²) in [5.74, 6) is -1.20. The summed E-state index contributed by atoms with van der Waals surface area (Å²) in [5.41, 5.74) is 7.77. The summed E-state index contributed by atoms with van der Waals surface area (Å²) in [6, 6.07) is 0. The van der Waals surface area contributed by atoms with Crippen LogP contribution in [0.3, 0.4) is 0 Å². The van der Waals surface area contributed by atoms with Gasteiger partial charge in [0.25, 0.3) is 5.91 Å². The van der Waals surface area contributed by atoms with Crippen LogP contribution in [-0.4, -0.2) is 50.6 Å². The van der Waals surface area contributed by atoms with E-state index in [4.69, 9.17) is 5.73 Å². The predicted molar refractivity (Wildman–Crippen MR) is 96.8 cm³/mol. The number of carbonyl (C=O) groups is 2. The van der Waals surface area contributed by atoms with E-state index >= 15 is 0 Å². The number of aryl methyl sites for hydroxylation is 2. The molecule has 0 atom stereocenters. The fraction of sp³-hybridized carbons (Fsp3) is 0.556. The molecule has 10 heteroatoms. The molecule has 2 amide bonds. The number of hydrogen-bond acceptors (Lipinski definition) is 4. The maximum absolute atomic E-state index is 12.8. The Balaban J connectivity index is 2.21. The first-order valence-corrected chi connectivity index (χ1v) is 9.03. The lowest BCUT2D eigenvalue weighted by Gasteiger charge is -2.24. The van der Waals surface area contributed by atoms with E-state index in [1.165, 1.54) is 10.7 Å². The van der Waals surface area contributed by atoms with E-state index in [2.05, 4.69) is 10.1 Å². The molecule has 0 aromatic carbocycles. The molecule has 2 rings (SSSR count). The number of alkyl halides is 3. The number of nitrogens with two attached hydrogens (primary N) is 1. The lowest BCUT2D eigenvalue weighted by Crippen LogP contribution is -2.39. The van der Waals surface area contributed by atoms with Gasteiger partial charge >= 0.3 is 6.18 Å². The van der Waals surface area contributed by atoms with Gasteiger partial charge in [-0.3, -0.25) is 9.59 Å². The highest BCUT2D eigenvalue weighted by atomic mass is 19.4. The standard InChI is InChI=1S/C18H24F3N5O2/c1-4-5-8-25(10-18(19,20)21)15(27)7-6-13-11(2)24-17-14(16(22)28)9-23-26(17)12(13)3/h9H,4-8,10H2,1-3H3,(H2,22,28). The number of primary amides is 1. The van der Waals surface area contributed by atoms with Crippen molar-refractivity contribution in [3.63, 3.8) is 0 Å². The Hall–Kier alpha value is -2.65. The average molecular weight is 399 g/mol. The van der Waals surface area contributed by atoms with Gasteiger partial charge in [-0.15, -0.1) is 0 Å². The summed E-state index contributed by atoms with van der Waals surface area (Å²) in [7, 11) is 0. The fourth-order valence-electron chi connectivity index (χ4n) is 3.09. The van der Waals surface area contributed by atoms with Gasteiger partial charge in [0.05, 0.1) is 6.20 Å². The molecular weight excluding hydrogens is 375 g/mol. The maximum atomic E-state index is 12.8. The molecule has 2 aromatic heterocycles. The van der Waals surface area contributed by atoms with E-state index in [1.54, 1.807) is 13.8 Å². The second-order valence-electron chi connectivity index (χ2n) is 6.70. The van der Waals surface area contributed by atoms with E-state index in [9.17, 15) is 22.8 Å². The molecule has 2 heterocycles. The number of carbonyl (C=O) groups excluding carboxylic acids is 2. The van der Waals surface area contributed by atoms with Crippen molar-refractivity contribution in [2.45, 2.75) is 52.6 Å². The Morgan fingerprint density at radius 2 is 1.96 bits per heavy atom. The second kappa shape index (κ2) is 8.57. The molecule has 0 bridgehead atoms. The van der Waals surface area contributed by atoms with Gasteiger partial charge in [-0.05, 0) is 32.3 Å². The van der Waals surface area contributed by atoms with Crippen LogP contribution in [0.2, 0.25) is 0 Å². The molecule has 0 saturated heterocycles. The largest absolute Gasteiger partial charge is 0.406 e. The summed E-state index contributed by atoms with van der Waals surface area (Å²) in [4.78, 5) is 29.1. The second-order valence-corrected chi connectivity index (χ2v) is 6.70. The summed E-state index contributed by atoms with van der Waals surface area (Å²) in [6.07, 6.45) is -1.75. The lowest BCUT2D eigenvalue weighted by molar-refractivity contribution is -0.161. The highest BCUT2D eigenvalue weighted by molar-refractivity contribution is 5.98. The Bertz CT molecular complexity index is 876. The zero-order valence-electron chi connectivity index (χ0n) is 16.1. The van der Waals surface area contributed by atoms with Gasteiger partial charge in [-0.2, -0.15) is 18.3 Å². The third-order valence-corrected chi connectivity index (χ3v) is 4.57. The highest BCUT2D eigenvalue weighted by Crippen LogP contribution is 2.21. The van der Waals surface area contributed by atoms with Crippen molar-refractivity contribution in [1.29, 1.82) is 0 Å². The smallest absolute Gasteiger partial charge is 0.365 e. The van der Waals surface area contributed by atoms with Crippen molar-refractivity contribution in [1.82, 2.24) is 19.5 Å². The zero-order valence-corrected chi connectivity index (χ0v) is 16.1. The first-order chi connectivity index (χ1) is 13.0. The molecule has 7 nitrogen and oxygen atoms in total. The fourth-order valence-corrected chi connectivity index (χ4v) is 3.09. The summed E-state index contributed by atoms with van der Waals surface area (Å²) >= 11 is 0. The first-order valence-electron chi connectivity index (χ1n) is 9.03. The minimum atomic E-state index is -4.43. The molecule has 0 unspecified atom stereocenters. The van der Waals surface area contributed by atoms with Gasteiger partial charge in [0, 0.05) is 24.4 Å². The number of fused-ring (bicyclic) bond motifs is 1. The molecule has 28 heavy (non-hydrogen) atoms. The van der Waals surface area contributed by atoms with Crippen LogP contribution in [0.5, 0.6) is 0 Å². The van der Waals surface area contributed by atoms with Crippen molar-refractivity contribution >= 4 is 17.5 Å². The van der Waals surface area contributed by atoms with Crippen LogP contribution in [0.4, 0.5) is 13.2 Å². The molecule has 0 fully saturated rings. The van der Waals surface area contributed by atoms with Gasteiger partial charge in [0.2, 0.25) is 5.91 Å². The lowest BCUT2D eigenvalue weighted by atomic mass is 10.1. The highest BCUT2D eigenvalue weighted by Gasteiger charge is 2.32. The number of amides is 2. The van der Waals surface area contributed by atoms with Gasteiger partial charge < -0.3 is 10.6 Å². The van der Waals surface area contributed by atoms with Crippen molar-refractivity contribution < 1.29 is 22.8 Å². The normalized spacial score (nSPS) is 11.8. The molecule has 154 valence electrons. The number of hydrogen-bond donors (Lipinski definition) is 1. The number of unbranched alkanes of at least 4 members (excludes halogenated alkanes) is 1. The van der Waals surface area contributed by atoms with Crippen LogP contribution < -0.4 is 5.73 Å². The van der Waals surface area contributed by atoms with Crippen LogP contribution in [0.1, 0.15) is 53.5 Å². The molecule has 2 aromatic rings. The third kappa shape index (κ3) is 4.99. The average Bonchev–Trinajstić information content (AvgIpc) is 3.01. The Morgan fingerprint density at radius 1 is 1.29 bits per heavy atom. The van der Waals surface area contributed by atoms with Crippen LogP contribution in [0, 0.1) is 13.8 Å². The monoisotopic (exact) mass is 399 g/mol. The SMILES string of the molecule is CCCCN(CC(F)(F)F)C(=O)CCc1c(C)nc2c(C(N)=O)cnn2c1C. The molecular formula is C18H24F3N5O2. The van der Waals surface area contributed by atoms with E-state index in [0.717, 1.165) is 4.90 Å². The Labute approximate surface area is 160 Å². The third-order valence-electron chi connectivity index (χ3n) is 4.57. The number of rotatable bonds is 8. The Kier molecular flexibility index (Phi) is 6.63. The van der Waals surface area contributed by atoms with E-state index < -0.39 is 24.5 Å². The number of aromatic nitrogens is 3. The summed E-state index contributed by atoms with van der Waals surface area (Å²) in [6.45, 7) is 4.15. The molecule has 0 aliphatic rings. The number of nitrogens with zero attached hydrogens (tertiary/aromatic N) is 4. The topological polar surface area (TPSA) is 93.6 Å². The quantitative estimate of drug-likeness (QED) is 0.738. The first kappa shape index (κ1) is 21.6. The van der Waals surface area contributed by atoms with Crippen LogP contribution in [0.25, 0.3) is 5.65 Å². The predicted octanol–water partition coefficient (Wildman–Crippen LogP) is 2.57. The van der Waals surface area contributed by atoms with Crippen molar-refractivity contribution in [3.8, 4) is 0 Å². The van der Waals surface area contributed by atoms with Gasteiger partial charge in [0.15, 0.2) is 5.65 Å². The minimum absolute atomic E-state index is 0.0708. The van der Waals surface area contributed by atoms with Crippen LogP contribution in [0.15, 0.2) is 6.20 Å². The molecule has 0 radical (unpaired) electrons. The van der Waals surface area contributed by atoms with E-state index in [1.807, 2.05) is 6.92 Å². The Morgan fingerprint density at radius 3 is 2.54 bits per heavy atom.